The maximum atomic E-state index is 8.77. The molecule has 472 valence electrons. The van der Waals surface area contributed by atoms with E-state index in [2.05, 4.69) is 173 Å². The zero-order valence-electron chi connectivity index (χ0n) is 53.8. The first-order valence-corrected chi connectivity index (χ1v) is 41.1. The number of aromatic nitrogens is 4. The van der Waals surface area contributed by atoms with Gasteiger partial charge < -0.3 is 25.3 Å². The summed E-state index contributed by atoms with van der Waals surface area (Å²) in [4.78, 5) is 67.3. The van der Waals surface area contributed by atoms with Crippen molar-refractivity contribution >= 4 is 170 Å². The Hall–Kier alpha value is -11.7. The van der Waals surface area contributed by atoms with E-state index in [0.717, 1.165) is 98.0 Å². The predicted molar refractivity (Wildman–Crippen MR) is 401 cm³/mol. The van der Waals surface area contributed by atoms with Crippen LogP contribution in [0.1, 0.15) is 44.5 Å². The molecule has 12 bridgehead atoms. The Morgan fingerprint density at radius 2 is 0.436 bits per heavy atom. The van der Waals surface area contributed by atoms with Crippen LogP contribution in [-0.2, 0) is 11.1 Å². The molecule has 0 saturated carbocycles. The SMILES string of the molecule is C[Si]([O][Al]1[n]2c3c4ccccc4c2N=C2N=C(N=c4c5ccccc5c([n]41)=NC1=NC(=N3)c3ccccc31)c1ccccc12)(O[Si](C)([O][Al]1[n]2c3c4ccccc4c2N=C2N=C(N=c4c5ccccc5c([n]41)=NC1=NC(=N3)c3ccccc31)c1ccccc12)c1ccccc1)c1ccccc1. The Morgan fingerprint density at radius 3 is 0.683 bits per heavy atom. The Kier molecular flexibility index (Phi) is 12.1. The third-order valence-electron chi connectivity index (χ3n) is 20.2. The summed E-state index contributed by atoms with van der Waals surface area (Å²) in [6.45, 7) is 4.33. The van der Waals surface area contributed by atoms with Gasteiger partial charge in [0.1, 0.15) is 45.2 Å². The Labute approximate surface area is 585 Å². The molecule has 0 radical (unpaired) electrons. The van der Waals surface area contributed by atoms with Crippen LogP contribution < -0.4 is 32.3 Å². The largest absolute Gasteiger partial charge is 0.800 e. The summed E-state index contributed by atoms with van der Waals surface area (Å²) in [5.41, 5.74) is 9.27. The molecule has 22 rings (SSSR count). The highest BCUT2D eigenvalue weighted by Gasteiger charge is 2.56. The smallest absolute Gasteiger partial charge is 0.486 e. The van der Waals surface area contributed by atoms with Crippen molar-refractivity contribution in [1.29, 1.82) is 0 Å². The molecule has 4 aromatic heterocycles. The quantitative estimate of drug-likeness (QED) is 0.137. The van der Waals surface area contributed by atoms with Crippen molar-refractivity contribution in [3.8, 4) is 0 Å². The molecular weight excluding hydrogens is 1320 g/mol. The molecule has 19 nitrogen and oxygen atoms in total. The average Bonchev–Trinajstić information content (AvgIpc) is 1.57. The van der Waals surface area contributed by atoms with Crippen LogP contribution in [0.15, 0.2) is 315 Å². The number of benzene rings is 10. The van der Waals surface area contributed by atoms with Crippen molar-refractivity contribution in [2.45, 2.75) is 13.1 Å². The maximum Gasteiger partial charge on any atom is 0.800 e. The number of rotatable bonds is 8. The van der Waals surface area contributed by atoms with Gasteiger partial charge in [0.15, 0.2) is 46.7 Å². The van der Waals surface area contributed by atoms with Crippen molar-refractivity contribution < 1.29 is 11.1 Å². The molecule has 2 unspecified atom stereocenters. The minimum Gasteiger partial charge on any atom is -0.486 e. The number of nitrogens with zero attached hydrogens (tertiary/aromatic N) is 16. The maximum absolute atomic E-state index is 8.77. The van der Waals surface area contributed by atoms with Crippen LogP contribution in [0.25, 0.3) is 43.1 Å². The van der Waals surface area contributed by atoms with Gasteiger partial charge in [0.25, 0.3) is 0 Å². The van der Waals surface area contributed by atoms with Gasteiger partial charge in [0.2, 0.25) is 0 Å². The van der Waals surface area contributed by atoms with Crippen molar-refractivity contribution in [3.05, 3.63) is 321 Å². The summed E-state index contributed by atoms with van der Waals surface area (Å²) in [6.07, 6.45) is 0. The molecule has 2 atom stereocenters. The summed E-state index contributed by atoms with van der Waals surface area (Å²) in [5, 5.41) is 8.48. The normalized spacial score (nSPS) is 16.5. The van der Waals surface area contributed by atoms with Gasteiger partial charge in [-0.25, -0.2) is 59.9 Å². The third-order valence-corrected chi connectivity index (χ3v) is 35.1. The Balaban J connectivity index is 0.846. The number of aliphatic imine (C=N–C) groups is 8. The molecule has 8 aliphatic heterocycles. The Bertz CT molecular complexity index is 5980. The molecular formula is C78H48Al2N16O3Si2. The fourth-order valence-corrected chi connectivity index (χ4v) is 32.0. The number of hydrogen-bond acceptors (Lipinski definition) is 15. The van der Waals surface area contributed by atoms with Gasteiger partial charge >= 0.3 is 47.0 Å². The summed E-state index contributed by atoms with van der Waals surface area (Å²) >= 11 is -7.39. The molecule has 0 spiro atoms. The van der Waals surface area contributed by atoms with E-state index in [1.165, 1.54) is 0 Å². The number of fused-ring (bicyclic) bond motifs is 28. The van der Waals surface area contributed by atoms with Gasteiger partial charge in [0, 0.05) is 87.6 Å². The molecule has 0 fully saturated rings. The average molecular weight is 1370 g/mol. The minimum absolute atomic E-state index is 0.519. The number of hydrogen-bond donors (Lipinski definition) is 0. The van der Waals surface area contributed by atoms with Crippen molar-refractivity contribution in [2.75, 3.05) is 0 Å². The van der Waals surface area contributed by atoms with Crippen LogP contribution in [0.5, 0.6) is 0 Å². The molecule has 0 N–H and O–H groups in total. The van der Waals surface area contributed by atoms with E-state index in [-0.39, 0.29) is 0 Å². The van der Waals surface area contributed by atoms with E-state index in [0.29, 0.717) is 91.9 Å². The molecule has 10 aromatic carbocycles. The lowest BCUT2D eigenvalue weighted by Crippen LogP contribution is -2.69. The first-order valence-electron chi connectivity index (χ1n) is 33.4. The van der Waals surface area contributed by atoms with E-state index in [1.54, 1.807) is 0 Å². The lowest BCUT2D eigenvalue weighted by Gasteiger charge is -2.41. The second kappa shape index (κ2) is 21.4. The van der Waals surface area contributed by atoms with Crippen molar-refractivity contribution in [3.63, 3.8) is 0 Å². The van der Waals surface area contributed by atoms with Gasteiger partial charge in [-0.1, -0.05) is 255 Å². The monoisotopic (exact) mass is 1370 g/mol. The minimum atomic E-state index is -4.20. The van der Waals surface area contributed by atoms with Crippen LogP contribution in [-0.4, -0.2) is 108 Å². The summed E-state index contributed by atoms with van der Waals surface area (Å²) in [5.74, 6) is 6.57. The zero-order chi connectivity index (χ0) is 66.4. The van der Waals surface area contributed by atoms with E-state index < -0.39 is 47.0 Å². The molecule has 0 amide bonds. The Morgan fingerprint density at radius 1 is 0.228 bits per heavy atom. The van der Waals surface area contributed by atoms with Crippen LogP contribution in [0.3, 0.4) is 0 Å². The molecule has 8 aliphatic rings. The third kappa shape index (κ3) is 8.37. The highest BCUT2D eigenvalue weighted by molar-refractivity contribution is 6.96. The van der Waals surface area contributed by atoms with Crippen molar-refractivity contribution in [2.24, 2.45) is 59.9 Å². The molecule has 23 heteroatoms. The van der Waals surface area contributed by atoms with Crippen LogP contribution >= 0.6 is 0 Å². The topological polar surface area (TPSA) is 196 Å². The zero-order valence-corrected chi connectivity index (χ0v) is 58.1. The highest BCUT2D eigenvalue weighted by atomic mass is 28.5. The van der Waals surface area contributed by atoms with Crippen LogP contribution in [0.2, 0.25) is 13.1 Å². The molecule has 12 heterocycles. The fourth-order valence-electron chi connectivity index (χ4n) is 15.5. The molecule has 0 saturated heterocycles. The van der Waals surface area contributed by atoms with Gasteiger partial charge in [-0.15, -0.1) is 0 Å². The summed E-state index contributed by atoms with van der Waals surface area (Å²) in [6, 6.07) is 86.8. The van der Waals surface area contributed by atoms with E-state index in [9.17, 15) is 0 Å². The summed E-state index contributed by atoms with van der Waals surface area (Å²) in [7, 11) is -8.41. The van der Waals surface area contributed by atoms with E-state index >= 15 is 0 Å². The fraction of sp³-hybridized carbons (Fsp3) is 0.0256. The van der Waals surface area contributed by atoms with Crippen molar-refractivity contribution in [1.82, 2.24) is 14.2 Å². The van der Waals surface area contributed by atoms with Gasteiger partial charge in [0.05, 0.1) is 0 Å². The van der Waals surface area contributed by atoms with Crippen LogP contribution in [0, 0.1) is 0 Å². The van der Waals surface area contributed by atoms with Gasteiger partial charge in [-0.3, -0.25) is 0 Å². The molecule has 101 heavy (non-hydrogen) atoms. The van der Waals surface area contributed by atoms with E-state index in [1.807, 2.05) is 109 Å². The second-order valence-corrected chi connectivity index (χ2v) is 37.0. The highest BCUT2D eigenvalue weighted by Crippen LogP contribution is 2.45. The van der Waals surface area contributed by atoms with Gasteiger partial charge in [-0.2, -0.15) is 0 Å². The predicted octanol–water partition coefficient (Wildman–Crippen LogP) is 10.9. The molecule has 0 aliphatic carbocycles. The first kappa shape index (κ1) is 57.2. The number of amidine groups is 8. The van der Waals surface area contributed by atoms with Crippen LogP contribution in [0.4, 0.5) is 23.3 Å². The summed E-state index contributed by atoms with van der Waals surface area (Å²) < 4.78 is 35.2. The van der Waals surface area contributed by atoms with E-state index in [4.69, 9.17) is 71.0 Å². The van der Waals surface area contributed by atoms with Gasteiger partial charge in [-0.05, 0) is 23.5 Å². The standard InChI is InChI=1S/2C32H16N8.C14H16O3Si2.2Al/c2*1-2-10-18-17(9-1)25-33-26(18)38-28-21-13-5-6-14-22(21)30(35-28)40-32-24-16-8-7-15-23(24)31(36-32)39-29-20-12-4-3-11-19(20)27(34-29)37-25;1-18(15,13-9-5-3-6-10-13)17-19(2,16)14-11-7-4-8-12-14;;/h2*1-16H;3-12H,1-2H3;;/q3*-2;2*+3. The molecule has 14 aromatic rings. The lowest BCUT2D eigenvalue weighted by molar-refractivity contribution is 0.338. The first-order chi connectivity index (χ1) is 49.8. The second-order valence-electron chi connectivity index (χ2n) is 26.0. The lowest BCUT2D eigenvalue weighted by atomic mass is 10.1.